The zero-order valence-corrected chi connectivity index (χ0v) is 11.0. The largest absolute Gasteiger partial charge is 0.586 e. The molecule has 0 amide bonds. The summed E-state index contributed by atoms with van der Waals surface area (Å²) >= 11 is 3.34. The molecule has 0 saturated heterocycles. The first-order valence-corrected chi connectivity index (χ1v) is 6.25. The van der Waals surface area contributed by atoms with Gasteiger partial charge in [0.05, 0.1) is 11.0 Å². The molecule has 2 aromatic rings. The molecule has 0 spiro atoms. The van der Waals surface area contributed by atoms with Crippen molar-refractivity contribution in [1.29, 1.82) is 0 Å². The van der Waals surface area contributed by atoms with Gasteiger partial charge in [-0.05, 0) is 22.4 Å². The van der Waals surface area contributed by atoms with Gasteiger partial charge >= 0.3 is 6.29 Å². The van der Waals surface area contributed by atoms with Gasteiger partial charge in [-0.3, -0.25) is 0 Å². The lowest BCUT2D eigenvalue weighted by Crippen LogP contribution is -2.25. The summed E-state index contributed by atoms with van der Waals surface area (Å²) in [6.07, 6.45) is -2.68. The Labute approximate surface area is 110 Å². The number of nitrogens with zero attached hydrogens (tertiary/aromatic N) is 2. The smallest absolute Gasteiger partial charge is 0.395 e. The van der Waals surface area contributed by atoms with E-state index in [9.17, 15) is 8.78 Å². The zero-order chi connectivity index (χ0) is 12.9. The number of aryl methyl sites for hydroxylation is 1. The number of ether oxygens (including phenoxy) is 2. The summed E-state index contributed by atoms with van der Waals surface area (Å²) in [4.78, 5) is 4.26. The van der Waals surface area contributed by atoms with Crippen LogP contribution in [0.2, 0.25) is 0 Å². The van der Waals surface area contributed by atoms with Crippen LogP contribution in [0.5, 0.6) is 11.5 Å². The van der Waals surface area contributed by atoms with E-state index in [4.69, 9.17) is 0 Å². The van der Waals surface area contributed by atoms with Gasteiger partial charge in [0.2, 0.25) is 0 Å². The Kier molecular flexibility index (Phi) is 2.48. The molecule has 0 atom stereocenters. The Bertz CT molecular complexity index is 627. The monoisotopic (exact) mass is 318 g/mol. The lowest BCUT2D eigenvalue weighted by molar-refractivity contribution is -0.286. The van der Waals surface area contributed by atoms with Crippen LogP contribution in [0.3, 0.4) is 0 Å². The van der Waals surface area contributed by atoms with Crippen molar-refractivity contribution in [3.05, 3.63) is 16.9 Å². The molecule has 7 heteroatoms. The lowest BCUT2D eigenvalue weighted by atomic mass is 10.2. The Morgan fingerprint density at radius 1 is 1.33 bits per heavy atom. The highest BCUT2D eigenvalue weighted by Crippen LogP contribution is 2.43. The number of rotatable bonds is 2. The van der Waals surface area contributed by atoms with Gasteiger partial charge in [0.25, 0.3) is 0 Å². The van der Waals surface area contributed by atoms with E-state index in [1.54, 1.807) is 0 Å². The first-order valence-electron chi connectivity index (χ1n) is 5.46. The van der Waals surface area contributed by atoms with Crippen LogP contribution in [-0.4, -0.2) is 15.8 Å². The van der Waals surface area contributed by atoms with E-state index in [1.807, 2.05) is 11.5 Å². The van der Waals surface area contributed by atoms with Crippen LogP contribution in [-0.2, 0) is 6.54 Å². The van der Waals surface area contributed by atoms with Crippen molar-refractivity contribution in [3.63, 3.8) is 0 Å². The molecule has 1 aromatic carbocycles. The van der Waals surface area contributed by atoms with Crippen molar-refractivity contribution in [1.82, 2.24) is 9.55 Å². The van der Waals surface area contributed by atoms with Crippen LogP contribution in [0, 0.1) is 0 Å². The van der Waals surface area contributed by atoms with Gasteiger partial charge in [0.1, 0.15) is 0 Å². The minimum absolute atomic E-state index is 0.0150. The number of imidazole rings is 1. The Balaban J connectivity index is 2.16. The Morgan fingerprint density at radius 3 is 2.67 bits per heavy atom. The number of benzene rings is 1. The minimum Gasteiger partial charge on any atom is -0.395 e. The van der Waals surface area contributed by atoms with Crippen LogP contribution in [0.25, 0.3) is 11.0 Å². The fraction of sp³-hybridized carbons (Fsp3) is 0.364. The van der Waals surface area contributed by atoms with Crippen molar-refractivity contribution in [2.45, 2.75) is 26.2 Å². The molecule has 1 aromatic heterocycles. The van der Waals surface area contributed by atoms with Gasteiger partial charge < -0.3 is 14.0 Å². The maximum atomic E-state index is 12.9. The highest BCUT2D eigenvalue weighted by molar-refractivity contribution is 9.10. The van der Waals surface area contributed by atoms with Crippen molar-refractivity contribution in [3.8, 4) is 11.5 Å². The highest BCUT2D eigenvalue weighted by Gasteiger charge is 2.43. The first-order chi connectivity index (χ1) is 8.50. The fourth-order valence-electron chi connectivity index (χ4n) is 1.98. The Hall–Kier alpha value is -1.37. The van der Waals surface area contributed by atoms with Crippen LogP contribution >= 0.6 is 15.9 Å². The third-order valence-corrected chi connectivity index (χ3v) is 3.28. The number of hydrogen-bond acceptors (Lipinski definition) is 3. The van der Waals surface area contributed by atoms with E-state index in [2.05, 4.69) is 30.4 Å². The molecule has 2 heterocycles. The molecule has 18 heavy (non-hydrogen) atoms. The molecule has 0 aliphatic carbocycles. The molecular formula is C11H9BrF2N2O2. The molecule has 4 nitrogen and oxygen atoms in total. The molecule has 0 fully saturated rings. The lowest BCUT2D eigenvalue weighted by Gasteiger charge is -2.04. The summed E-state index contributed by atoms with van der Waals surface area (Å²) in [7, 11) is 0. The van der Waals surface area contributed by atoms with Crippen molar-refractivity contribution >= 4 is 27.0 Å². The van der Waals surface area contributed by atoms with Crippen molar-refractivity contribution in [2.75, 3.05) is 0 Å². The normalized spacial score (nSPS) is 16.4. The third-order valence-electron chi connectivity index (χ3n) is 2.67. The van der Waals surface area contributed by atoms with Crippen LogP contribution in [0.4, 0.5) is 8.78 Å². The predicted molar refractivity (Wildman–Crippen MR) is 63.9 cm³/mol. The third kappa shape index (κ3) is 1.73. The molecule has 0 N–H and O–H groups in total. The number of halogens is 3. The summed E-state index contributed by atoms with van der Waals surface area (Å²) in [5.74, 6) is 0.0541. The number of alkyl halides is 2. The van der Waals surface area contributed by atoms with Gasteiger partial charge in [-0.15, -0.1) is 8.78 Å². The molecule has 96 valence electrons. The average Bonchev–Trinajstić information content (AvgIpc) is 2.72. The van der Waals surface area contributed by atoms with Crippen molar-refractivity contribution < 1.29 is 18.3 Å². The summed E-state index contributed by atoms with van der Waals surface area (Å²) in [5.41, 5.74) is 1.33. The highest BCUT2D eigenvalue weighted by atomic mass is 79.9. The van der Waals surface area contributed by atoms with Gasteiger partial charge in [-0.1, -0.05) is 6.92 Å². The topological polar surface area (TPSA) is 36.3 Å². The molecular weight excluding hydrogens is 310 g/mol. The molecule has 0 saturated carbocycles. The zero-order valence-electron chi connectivity index (χ0n) is 9.41. The van der Waals surface area contributed by atoms with Gasteiger partial charge in [0, 0.05) is 18.7 Å². The van der Waals surface area contributed by atoms with E-state index < -0.39 is 6.29 Å². The number of aromatic nitrogens is 2. The van der Waals surface area contributed by atoms with Crippen LogP contribution in [0.15, 0.2) is 16.9 Å². The number of fused-ring (bicyclic) bond motifs is 2. The predicted octanol–water partition coefficient (Wildman–Crippen LogP) is 3.53. The maximum Gasteiger partial charge on any atom is 0.586 e. The summed E-state index contributed by atoms with van der Waals surface area (Å²) in [5, 5.41) is 0. The van der Waals surface area contributed by atoms with E-state index in [0.29, 0.717) is 10.3 Å². The second-order valence-corrected chi connectivity index (χ2v) is 4.70. The molecule has 3 rings (SSSR count). The Morgan fingerprint density at radius 2 is 2.00 bits per heavy atom. The summed E-state index contributed by atoms with van der Waals surface area (Å²) in [6.45, 7) is 2.77. The number of hydrogen-bond donors (Lipinski definition) is 0. The van der Waals surface area contributed by atoms with E-state index in [-0.39, 0.29) is 11.5 Å². The molecule has 0 radical (unpaired) electrons. The average molecular weight is 319 g/mol. The van der Waals surface area contributed by atoms with Crippen LogP contribution in [0.1, 0.15) is 13.3 Å². The van der Waals surface area contributed by atoms with E-state index in [0.717, 1.165) is 18.5 Å². The molecule has 0 unspecified atom stereocenters. The van der Waals surface area contributed by atoms with Crippen LogP contribution < -0.4 is 9.47 Å². The van der Waals surface area contributed by atoms with Gasteiger partial charge in [-0.25, -0.2) is 4.98 Å². The maximum absolute atomic E-state index is 12.9. The summed E-state index contributed by atoms with van der Waals surface area (Å²) < 4.78 is 37.3. The second-order valence-electron chi connectivity index (χ2n) is 3.99. The standard InChI is InChI=1S/C11H9BrF2N2O2/c1-2-3-16-7-5-9-8(17-11(13,14)18-9)4-6(7)15-10(16)12/h4-5H,2-3H2,1H3. The molecule has 1 aliphatic rings. The van der Waals surface area contributed by atoms with E-state index in [1.165, 1.54) is 12.1 Å². The van der Waals surface area contributed by atoms with Gasteiger partial charge in [0.15, 0.2) is 16.2 Å². The van der Waals surface area contributed by atoms with Crippen molar-refractivity contribution in [2.24, 2.45) is 0 Å². The molecule has 1 aliphatic heterocycles. The first kappa shape index (κ1) is 11.7. The fourth-order valence-corrected chi connectivity index (χ4v) is 2.54. The second kappa shape index (κ2) is 3.81. The van der Waals surface area contributed by atoms with Gasteiger partial charge in [-0.2, -0.15) is 0 Å². The van der Waals surface area contributed by atoms with E-state index >= 15 is 0 Å². The minimum atomic E-state index is -3.59. The quantitative estimate of drug-likeness (QED) is 0.850. The summed E-state index contributed by atoms with van der Waals surface area (Å²) in [6, 6.07) is 2.99. The molecule has 0 bridgehead atoms. The SMILES string of the molecule is CCCn1c(Br)nc2cc3c(cc21)OC(F)(F)O3.